The lowest BCUT2D eigenvalue weighted by atomic mass is 10.6. The zero-order chi connectivity index (χ0) is 10.1. The Morgan fingerprint density at radius 3 is 2.54 bits per heavy atom. The van der Waals surface area contributed by atoms with Crippen LogP contribution in [0, 0.1) is 6.92 Å². The number of aryl methyl sites for hydroxylation is 1. The molecule has 0 unspecified atom stereocenters. The van der Waals surface area contributed by atoms with Gasteiger partial charge in [-0.2, -0.15) is 0 Å². The molecule has 0 atom stereocenters. The molecule has 0 aliphatic heterocycles. The van der Waals surface area contributed by atoms with Crippen molar-refractivity contribution in [2.75, 3.05) is 18.1 Å². The molecular formula is C7H12N2O2S2. The number of aromatic nitrogens is 1. The molecule has 4 nitrogen and oxygen atoms in total. The quantitative estimate of drug-likeness (QED) is 0.833. The van der Waals surface area contributed by atoms with Gasteiger partial charge in [0.05, 0.1) is 11.4 Å². The van der Waals surface area contributed by atoms with Crippen LogP contribution < -0.4 is 5.32 Å². The monoisotopic (exact) mass is 220 g/mol. The lowest BCUT2D eigenvalue weighted by Gasteiger charge is -1.95. The molecule has 0 saturated carbocycles. The first-order valence-corrected chi connectivity index (χ1v) is 6.36. The van der Waals surface area contributed by atoms with Crippen molar-refractivity contribution in [3.63, 3.8) is 0 Å². The van der Waals surface area contributed by atoms with Gasteiger partial charge in [-0.25, -0.2) is 13.4 Å². The van der Waals surface area contributed by atoms with Gasteiger partial charge in [0, 0.05) is 7.05 Å². The summed E-state index contributed by atoms with van der Waals surface area (Å²) in [5.74, 6) is 0.124. The Kier molecular flexibility index (Phi) is 2.92. The summed E-state index contributed by atoms with van der Waals surface area (Å²) < 4.78 is 23.4. The number of anilines is 1. The highest BCUT2D eigenvalue weighted by Gasteiger charge is 2.19. The summed E-state index contributed by atoms with van der Waals surface area (Å²) in [5, 5.41) is 3.47. The number of sulfone groups is 1. The first-order valence-electron chi connectivity index (χ1n) is 3.89. The van der Waals surface area contributed by atoms with Gasteiger partial charge in [0.25, 0.3) is 0 Å². The summed E-state index contributed by atoms with van der Waals surface area (Å²) in [6.07, 6.45) is 0. The molecular weight excluding hydrogens is 208 g/mol. The Hall–Kier alpha value is -0.620. The predicted octanol–water partition coefficient (Wildman–Crippen LogP) is 1.29. The van der Waals surface area contributed by atoms with Crippen LogP contribution in [0.1, 0.15) is 12.6 Å². The molecule has 0 saturated heterocycles. The largest absolute Gasteiger partial charge is 0.365 e. The molecule has 0 radical (unpaired) electrons. The number of hydrogen-bond acceptors (Lipinski definition) is 5. The van der Waals surface area contributed by atoms with E-state index in [2.05, 4.69) is 10.3 Å². The highest BCUT2D eigenvalue weighted by atomic mass is 32.2. The summed E-state index contributed by atoms with van der Waals surface area (Å²) in [4.78, 5) is 4.07. The predicted molar refractivity (Wildman–Crippen MR) is 54.1 cm³/mol. The van der Waals surface area contributed by atoms with Crippen molar-refractivity contribution in [3.05, 3.63) is 5.69 Å². The molecule has 1 aromatic heterocycles. The van der Waals surface area contributed by atoms with Crippen LogP contribution in [-0.4, -0.2) is 26.2 Å². The third-order valence-corrected chi connectivity index (χ3v) is 5.23. The number of rotatable bonds is 3. The smallest absolute Gasteiger partial charge is 0.189 e. The third kappa shape index (κ3) is 2.00. The fraction of sp³-hybridized carbons (Fsp3) is 0.571. The lowest BCUT2D eigenvalue weighted by Crippen LogP contribution is -2.02. The number of nitrogens with one attached hydrogen (secondary N) is 1. The molecule has 0 amide bonds. The summed E-state index contributed by atoms with van der Waals surface area (Å²) in [7, 11) is -1.38. The van der Waals surface area contributed by atoms with Crippen LogP contribution in [0.25, 0.3) is 0 Å². The molecule has 13 heavy (non-hydrogen) atoms. The van der Waals surface area contributed by atoms with Crippen molar-refractivity contribution in [1.29, 1.82) is 0 Å². The topological polar surface area (TPSA) is 59.1 Å². The van der Waals surface area contributed by atoms with Crippen LogP contribution in [0.4, 0.5) is 5.13 Å². The Labute approximate surface area is 81.9 Å². The first kappa shape index (κ1) is 10.5. The minimum atomic E-state index is -3.10. The molecule has 0 aromatic carbocycles. The first-order chi connectivity index (χ1) is 6.01. The molecule has 0 bridgehead atoms. The average molecular weight is 220 g/mol. The van der Waals surface area contributed by atoms with Crippen molar-refractivity contribution >= 4 is 26.3 Å². The minimum absolute atomic E-state index is 0.124. The SMILES string of the molecule is CCS(=O)(=O)c1sc(NC)nc1C. The van der Waals surface area contributed by atoms with Crippen LogP contribution >= 0.6 is 11.3 Å². The number of nitrogens with zero attached hydrogens (tertiary/aromatic N) is 1. The van der Waals surface area contributed by atoms with E-state index in [-0.39, 0.29) is 5.75 Å². The van der Waals surface area contributed by atoms with Crippen LogP contribution in [0.5, 0.6) is 0 Å². The molecule has 0 spiro atoms. The van der Waals surface area contributed by atoms with Gasteiger partial charge in [0.1, 0.15) is 4.21 Å². The van der Waals surface area contributed by atoms with E-state index in [0.29, 0.717) is 15.0 Å². The summed E-state index contributed by atoms with van der Waals surface area (Å²) in [5.41, 5.74) is 0.580. The standard InChI is InChI=1S/C7H12N2O2S2/c1-4-13(10,11)6-5(2)9-7(8-3)12-6/h4H2,1-3H3,(H,8,9). The molecule has 0 fully saturated rings. The number of thiazole rings is 1. The fourth-order valence-electron chi connectivity index (χ4n) is 0.909. The summed E-state index contributed by atoms with van der Waals surface area (Å²) in [6.45, 7) is 3.34. The second-order valence-electron chi connectivity index (χ2n) is 2.55. The van der Waals surface area contributed by atoms with Gasteiger partial charge >= 0.3 is 0 Å². The van der Waals surface area contributed by atoms with Gasteiger partial charge in [-0.1, -0.05) is 18.3 Å². The van der Waals surface area contributed by atoms with Crippen molar-refractivity contribution in [2.45, 2.75) is 18.1 Å². The molecule has 1 heterocycles. The van der Waals surface area contributed by atoms with Crippen molar-refractivity contribution in [3.8, 4) is 0 Å². The zero-order valence-electron chi connectivity index (χ0n) is 7.79. The van der Waals surface area contributed by atoms with Crippen molar-refractivity contribution in [2.24, 2.45) is 0 Å². The Morgan fingerprint density at radius 1 is 1.54 bits per heavy atom. The van der Waals surface area contributed by atoms with Crippen LogP contribution in [0.15, 0.2) is 4.21 Å². The van der Waals surface area contributed by atoms with Gasteiger partial charge < -0.3 is 5.32 Å². The van der Waals surface area contributed by atoms with E-state index in [9.17, 15) is 8.42 Å². The Morgan fingerprint density at radius 2 is 2.15 bits per heavy atom. The van der Waals surface area contributed by atoms with Crippen LogP contribution in [0.3, 0.4) is 0 Å². The second-order valence-corrected chi connectivity index (χ2v) is 6.02. The van der Waals surface area contributed by atoms with Gasteiger partial charge in [-0.05, 0) is 6.92 Å². The number of hydrogen-bond donors (Lipinski definition) is 1. The van der Waals surface area contributed by atoms with Crippen LogP contribution in [-0.2, 0) is 9.84 Å². The molecule has 74 valence electrons. The fourth-order valence-corrected chi connectivity index (χ4v) is 3.42. The molecule has 0 aliphatic rings. The van der Waals surface area contributed by atoms with E-state index in [1.165, 1.54) is 11.3 Å². The highest BCUT2D eigenvalue weighted by Crippen LogP contribution is 2.27. The molecule has 6 heteroatoms. The van der Waals surface area contributed by atoms with Crippen LogP contribution in [0.2, 0.25) is 0 Å². The van der Waals surface area contributed by atoms with E-state index in [1.807, 2.05) is 0 Å². The average Bonchev–Trinajstić information content (AvgIpc) is 2.47. The van der Waals surface area contributed by atoms with E-state index >= 15 is 0 Å². The van der Waals surface area contributed by atoms with E-state index in [0.717, 1.165) is 0 Å². The minimum Gasteiger partial charge on any atom is -0.365 e. The molecule has 1 aromatic rings. The van der Waals surface area contributed by atoms with E-state index in [1.54, 1.807) is 20.9 Å². The van der Waals surface area contributed by atoms with Gasteiger partial charge in [-0.15, -0.1) is 0 Å². The Balaban J connectivity index is 3.23. The van der Waals surface area contributed by atoms with Crippen molar-refractivity contribution in [1.82, 2.24) is 4.98 Å². The lowest BCUT2D eigenvalue weighted by molar-refractivity contribution is 0.598. The normalized spacial score (nSPS) is 11.6. The molecule has 0 aliphatic carbocycles. The maximum atomic E-state index is 11.5. The molecule has 1 rings (SSSR count). The molecule has 1 N–H and O–H groups in total. The maximum Gasteiger partial charge on any atom is 0.189 e. The van der Waals surface area contributed by atoms with Gasteiger partial charge in [-0.3, -0.25) is 0 Å². The van der Waals surface area contributed by atoms with Gasteiger partial charge in [0.15, 0.2) is 15.0 Å². The van der Waals surface area contributed by atoms with E-state index in [4.69, 9.17) is 0 Å². The third-order valence-electron chi connectivity index (χ3n) is 1.63. The maximum absolute atomic E-state index is 11.5. The highest BCUT2D eigenvalue weighted by molar-refractivity contribution is 7.93. The van der Waals surface area contributed by atoms with Crippen molar-refractivity contribution < 1.29 is 8.42 Å². The van der Waals surface area contributed by atoms with Gasteiger partial charge in [0.2, 0.25) is 0 Å². The summed E-state index contributed by atoms with van der Waals surface area (Å²) >= 11 is 1.18. The second kappa shape index (κ2) is 3.63. The zero-order valence-corrected chi connectivity index (χ0v) is 9.42. The van der Waals surface area contributed by atoms with E-state index < -0.39 is 9.84 Å². The summed E-state index contributed by atoms with van der Waals surface area (Å²) in [6, 6.07) is 0. The Bertz CT molecular complexity index is 395.